The van der Waals surface area contributed by atoms with Crippen LogP contribution in [0.25, 0.3) is 11.1 Å². The van der Waals surface area contributed by atoms with Crippen LogP contribution in [-0.2, 0) is 25.6 Å². The number of aromatic nitrogens is 1. The lowest BCUT2D eigenvalue weighted by molar-refractivity contribution is -0.148. The number of carbonyl (C=O) groups excluding carboxylic acids is 3. The number of hydrogen-bond donors (Lipinski definition) is 4. The summed E-state index contributed by atoms with van der Waals surface area (Å²) in [5.74, 6) is -2.60. The van der Waals surface area contributed by atoms with Crippen LogP contribution in [0.3, 0.4) is 0 Å². The Hall–Kier alpha value is -3.63. The normalized spacial score (nSPS) is 17.6. The van der Waals surface area contributed by atoms with Gasteiger partial charge in [0.2, 0.25) is 5.91 Å². The van der Waals surface area contributed by atoms with Gasteiger partial charge in [-0.3, -0.25) is 29.2 Å². The third-order valence-electron chi connectivity index (χ3n) is 7.26. The Bertz CT molecular complexity index is 1200. The lowest BCUT2D eigenvalue weighted by Crippen LogP contribution is -2.59. The van der Waals surface area contributed by atoms with Gasteiger partial charge < -0.3 is 15.5 Å². The van der Waals surface area contributed by atoms with Crippen LogP contribution in [0.1, 0.15) is 70.7 Å². The van der Waals surface area contributed by atoms with Crippen molar-refractivity contribution in [2.24, 2.45) is 11.8 Å². The van der Waals surface area contributed by atoms with Crippen LogP contribution in [-0.4, -0.2) is 62.4 Å². The molecule has 0 bridgehead atoms. The first-order valence-corrected chi connectivity index (χ1v) is 13.8. The number of pyridine rings is 1. The van der Waals surface area contributed by atoms with Gasteiger partial charge in [0.25, 0.3) is 5.91 Å². The molecule has 40 heavy (non-hydrogen) atoms. The minimum absolute atomic E-state index is 0.0533. The Labute approximate surface area is 235 Å². The first kappa shape index (κ1) is 30.9. The topological polar surface area (TPSA) is 149 Å². The van der Waals surface area contributed by atoms with Gasteiger partial charge in [-0.25, -0.2) is 5.43 Å². The highest BCUT2D eigenvalue weighted by Crippen LogP contribution is 2.23. The fraction of sp³-hybridized carbons (Fsp3) is 0.500. The van der Waals surface area contributed by atoms with Gasteiger partial charge >= 0.3 is 5.97 Å². The molecule has 0 saturated carbocycles. The Kier molecular flexibility index (Phi) is 10.9. The van der Waals surface area contributed by atoms with Gasteiger partial charge in [-0.1, -0.05) is 38.1 Å². The molecule has 2 amide bonds. The number of benzene rings is 1. The minimum atomic E-state index is -1.03. The number of rotatable bonds is 12. The molecule has 0 aliphatic carbocycles. The first-order chi connectivity index (χ1) is 19.0. The third kappa shape index (κ3) is 8.43. The van der Waals surface area contributed by atoms with Crippen molar-refractivity contribution in [2.45, 2.75) is 78.0 Å². The highest BCUT2D eigenvalue weighted by Gasteiger charge is 2.32. The smallest absolute Gasteiger partial charge is 0.322 e. The molecular weight excluding hydrogens is 512 g/mol. The van der Waals surface area contributed by atoms with Crippen molar-refractivity contribution < 1.29 is 29.4 Å². The lowest BCUT2D eigenvalue weighted by Gasteiger charge is -2.34. The molecule has 4 N–H and O–H groups in total. The summed E-state index contributed by atoms with van der Waals surface area (Å²) in [5.41, 5.74) is 6.16. The second-order valence-electron chi connectivity index (χ2n) is 10.8. The number of carboxylic acids is 1. The van der Waals surface area contributed by atoms with E-state index in [0.717, 1.165) is 22.4 Å². The van der Waals surface area contributed by atoms with Crippen LogP contribution in [0, 0.1) is 11.8 Å². The minimum Gasteiger partial charge on any atom is -0.480 e. The molecule has 1 aliphatic heterocycles. The van der Waals surface area contributed by atoms with Gasteiger partial charge in [0.1, 0.15) is 17.9 Å². The summed E-state index contributed by atoms with van der Waals surface area (Å²) >= 11 is 0. The number of aryl methyl sites for hydroxylation is 1. The zero-order chi connectivity index (χ0) is 29.4. The van der Waals surface area contributed by atoms with Gasteiger partial charge in [0.05, 0.1) is 6.10 Å². The number of ketones is 1. The van der Waals surface area contributed by atoms with Crippen molar-refractivity contribution in [2.75, 3.05) is 6.54 Å². The molecule has 1 aromatic heterocycles. The molecule has 3 rings (SSSR count). The Morgan fingerprint density at radius 3 is 2.48 bits per heavy atom. The molecule has 0 radical (unpaired) electrons. The van der Waals surface area contributed by atoms with Gasteiger partial charge in [0, 0.05) is 42.8 Å². The van der Waals surface area contributed by atoms with E-state index in [1.807, 2.05) is 50.2 Å². The SMILES string of the molecule is CC(C)[C@H](CC(=O)CCc1ccc(-c2cccc([C@@H](C)O)c2)cn1)C(=O)N[C@@H](C)C(=O)N1CCC[C@@H](C(=O)O)N1. The molecule has 2 heterocycles. The number of amides is 2. The molecule has 10 nitrogen and oxygen atoms in total. The van der Waals surface area contributed by atoms with Crippen LogP contribution in [0.4, 0.5) is 0 Å². The predicted octanol–water partition coefficient (Wildman–Crippen LogP) is 3.05. The van der Waals surface area contributed by atoms with Crippen LogP contribution < -0.4 is 10.7 Å². The number of nitrogens with zero attached hydrogens (tertiary/aromatic N) is 2. The number of carbonyl (C=O) groups is 4. The van der Waals surface area contributed by atoms with Crippen LogP contribution in [0.2, 0.25) is 0 Å². The van der Waals surface area contributed by atoms with Gasteiger partial charge in [0.15, 0.2) is 0 Å². The highest BCUT2D eigenvalue weighted by atomic mass is 16.4. The lowest BCUT2D eigenvalue weighted by atomic mass is 9.88. The number of aliphatic carboxylic acids is 1. The third-order valence-corrected chi connectivity index (χ3v) is 7.26. The van der Waals surface area contributed by atoms with E-state index in [1.54, 1.807) is 20.0 Å². The summed E-state index contributed by atoms with van der Waals surface area (Å²) in [4.78, 5) is 54.4. The number of hydrogen-bond acceptors (Lipinski definition) is 7. The number of aliphatic hydroxyl groups excluding tert-OH is 1. The van der Waals surface area contributed by atoms with Crippen LogP contribution in [0.15, 0.2) is 42.6 Å². The van der Waals surface area contributed by atoms with E-state index in [2.05, 4.69) is 15.7 Å². The van der Waals surface area contributed by atoms with Crippen molar-refractivity contribution in [3.63, 3.8) is 0 Å². The number of carboxylic acid groups (broad SMARTS) is 1. The predicted molar refractivity (Wildman–Crippen MR) is 150 cm³/mol. The van der Waals surface area contributed by atoms with E-state index < -0.39 is 36.0 Å². The van der Waals surface area contributed by atoms with E-state index in [-0.39, 0.29) is 30.4 Å². The fourth-order valence-corrected chi connectivity index (χ4v) is 4.71. The number of Topliss-reactive ketones (excluding diaryl/α,β-unsaturated/α-hetero) is 1. The molecule has 0 unspecified atom stereocenters. The molecule has 1 saturated heterocycles. The zero-order valence-electron chi connectivity index (χ0n) is 23.6. The average molecular weight is 553 g/mol. The molecule has 1 fully saturated rings. The number of nitrogens with one attached hydrogen (secondary N) is 2. The summed E-state index contributed by atoms with van der Waals surface area (Å²) in [6, 6.07) is 9.74. The molecule has 1 aliphatic rings. The van der Waals surface area contributed by atoms with Gasteiger partial charge in [-0.15, -0.1) is 0 Å². The van der Waals surface area contributed by atoms with Crippen molar-refractivity contribution >= 4 is 23.6 Å². The van der Waals surface area contributed by atoms with E-state index in [4.69, 9.17) is 0 Å². The maximum Gasteiger partial charge on any atom is 0.322 e. The largest absolute Gasteiger partial charge is 0.480 e. The Morgan fingerprint density at radius 1 is 1.10 bits per heavy atom. The number of aliphatic hydroxyl groups is 1. The molecule has 0 spiro atoms. The molecule has 2 aromatic rings. The standard InChI is InChI=1S/C30H40N4O6/c1-18(2)26(28(37)32-19(3)29(38)34-14-6-9-27(33-34)30(39)40)16-25(36)13-12-24-11-10-23(17-31-24)22-8-5-7-21(15-22)20(4)35/h5,7-8,10-11,15,17-20,26-27,33,35H,6,9,12-14,16H2,1-4H3,(H,32,37)(H,39,40)/t19-,20+,26-,27-/m0/s1. The Morgan fingerprint density at radius 2 is 1.85 bits per heavy atom. The second-order valence-corrected chi connectivity index (χ2v) is 10.8. The summed E-state index contributed by atoms with van der Waals surface area (Å²) < 4.78 is 0. The van der Waals surface area contributed by atoms with Crippen molar-refractivity contribution in [3.8, 4) is 11.1 Å². The number of hydrazine groups is 1. The summed E-state index contributed by atoms with van der Waals surface area (Å²) in [6.45, 7) is 7.36. The Balaban J connectivity index is 1.52. The van der Waals surface area contributed by atoms with E-state index in [0.29, 0.717) is 25.8 Å². The summed E-state index contributed by atoms with van der Waals surface area (Å²) in [6.07, 6.45) is 2.90. The quantitative estimate of drug-likeness (QED) is 0.314. The summed E-state index contributed by atoms with van der Waals surface area (Å²) in [5, 5.41) is 23.0. The summed E-state index contributed by atoms with van der Waals surface area (Å²) in [7, 11) is 0. The molecule has 216 valence electrons. The second kappa shape index (κ2) is 14.1. The molecular formula is C30H40N4O6. The highest BCUT2D eigenvalue weighted by molar-refractivity contribution is 5.91. The van der Waals surface area contributed by atoms with E-state index in [1.165, 1.54) is 5.01 Å². The van der Waals surface area contributed by atoms with Gasteiger partial charge in [-0.05, 0) is 62.3 Å². The first-order valence-electron chi connectivity index (χ1n) is 13.8. The maximum absolute atomic E-state index is 13.0. The van der Waals surface area contributed by atoms with Crippen LogP contribution >= 0.6 is 0 Å². The van der Waals surface area contributed by atoms with E-state index >= 15 is 0 Å². The van der Waals surface area contributed by atoms with Crippen molar-refractivity contribution in [3.05, 3.63) is 53.9 Å². The van der Waals surface area contributed by atoms with Gasteiger partial charge in [-0.2, -0.15) is 0 Å². The average Bonchev–Trinajstić information content (AvgIpc) is 2.94. The monoisotopic (exact) mass is 552 g/mol. The molecule has 4 atom stereocenters. The molecule has 1 aromatic carbocycles. The molecule has 10 heteroatoms. The maximum atomic E-state index is 13.0. The fourth-order valence-electron chi connectivity index (χ4n) is 4.71. The zero-order valence-corrected chi connectivity index (χ0v) is 23.6. The van der Waals surface area contributed by atoms with Crippen molar-refractivity contribution in [1.29, 1.82) is 0 Å². The van der Waals surface area contributed by atoms with Crippen LogP contribution in [0.5, 0.6) is 0 Å². The van der Waals surface area contributed by atoms with E-state index in [9.17, 15) is 29.4 Å². The van der Waals surface area contributed by atoms with Crippen molar-refractivity contribution in [1.82, 2.24) is 20.7 Å².